The third-order valence-electron chi connectivity index (χ3n) is 2.32. The number of morpholine rings is 1. The first-order valence-corrected chi connectivity index (χ1v) is 4.67. The molecule has 5 nitrogen and oxygen atoms in total. The van der Waals surface area contributed by atoms with Gasteiger partial charge < -0.3 is 14.4 Å². The number of hydrogen-bond donors (Lipinski definition) is 0. The Kier molecular flexibility index (Phi) is 3.88. The van der Waals surface area contributed by atoms with E-state index in [0.717, 1.165) is 6.42 Å². The molecule has 1 unspecified atom stereocenters. The predicted molar refractivity (Wildman–Crippen MR) is 48.6 cm³/mol. The summed E-state index contributed by atoms with van der Waals surface area (Å²) >= 11 is 0. The molecule has 1 aliphatic rings. The van der Waals surface area contributed by atoms with Gasteiger partial charge in [-0.15, -0.1) is 0 Å². The number of rotatable bonds is 1. The van der Waals surface area contributed by atoms with Crippen molar-refractivity contribution in [2.45, 2.75) is 19.4 Å². The van der Waals surface area contributed by atoms with Gasteiger partial charge in [0.15, 0.2) is 0 Å². The highest BCUT2D eigenvalue weighted by molar-refractivity contribution is 6.32. The van der Waals surface area contributed by atoms with E-state index in [4.69, 9.17) is 4.74 Å². The van der Waals surface area contributed by atoms with Crippen LogP contribution in [-0.2, 0) is 19.1 Å². The average Bonchev–Trinajstić information content (AvgIpc) is 2.26. The van der Waals surface area contributed by atoms with Crippen LogP contribution in [0.2, 0.25) is 0 Å². The molecule has 0 radical (unpaired) electrons. The lowest BCUT2D eigenvalue weighted by atomic mass is 10.2. The Morgan fingerprint density at radius 3 is 2.86 bits per heavy atom. The number of carbonyl (C=O) groups is 2. The maximum Gasteiger partial charge on any atom is 0.396 e. The number of ether oxygens (including phenoxy) is 2. The van der Waals surface area contributed by atoms with Crippen molar-refractivity contribution in [1.29, 1.82) is 0 Å². The summed E-state index contributed by atoms with van der Waals surface area (Å²) in [5, 5.41) is 0. The molecule has 0 N–H and O–H groups in total. The number of esters is 1. The van der Waals surface area contributed by atoms with Crippen LogP contribution in [0.5, 0.6) is 0 Å². The van der Waals surface area contributed by atoms with Crippen molar-refractivity contribution < 1.29 is 19.1 Å². The Bertz CT molecular complexity index is 229. The van der Waals surface area contributed by atoms with Crippen LogP contribution < -0.4 is 0 Å². The second kappa shape index (κ2) is 4.95. The minimum absolute atomic E-state index is 0.00431. The first kappa shape index (κ1) is 11.0. The number of hydrogen-bond acceptors (Lipinski definition) is 4. The Morgan fingerprint density at radius 2 is 2.29 bits per heavy atom. The molecule has 0 spiro atoms. The van der Waals surface area contributed by atoms with E-state index in [1.165, 1.54) is 12.0 Å². The summed E-state index contributed by atoms with van der Waals surface area (Å²) in [7, 11) is 1.21. The van der Waals surface area contributed by atoms with Crippen molar-refractivity contribution in [2.75, 3.05) is 26.9 Å². The summed E-state index contributed by atoms with van der Waals surface area (Å²) in [6.07, 6.45) is 0.780. The largest absolute Gasteiger partial charge is 0.462 e. The lowest BCUT2D eigenvalue weighted by Gasteiger charge is -2.34. The van der Waals surface area contributed by atoms with Crippen LogP contribution in [0.1, 0.15) is 13.3 Å². The summed E-state index contributed by atoms with van der Waals surface area (Å²) in [5.74, 6) is -1.37. The molecule has 1 saturated heterocycles. The van der Waals surface area contributed by atoms with Gasteiger partial charge in [-0.1, -0.05) is 6.92 Å². The third kappa shape index (κ3) is 2.23. The molecule has 0 bridgehead atoms. The molecular formula is C9H15NO4. The molecule has 0 aliphatic carbocycles. The number of carbonyl (C=O) groups excluding carboxylic acids is 2. The quantitative estimate of drug-likeness (QED) is 0.435. The van der Waals surface area contributed by atoms with E-state index in [9.17, 15) is 9.59 Å². The van der Waals surface area contributed by atoms with Crippen LogP contribution in [0, 0.1) is 0 Å². The first-order valence-electron chi connectivity index (χ1n) is 4.67. The molecule has 1 atom stereocenters. The van der Waals surface area contributed by atoms with Gasteiger partial charge >= 0.3 is 11.9 Å². The van der Waals surface area contributed by atoms with Crippen molar-refractivity contribution >= 4 is 11.9 Å². The number of amides is 1. The molecule has 1 amide bonds. The maximum absolute atomic E-state index is 11.5. The molecule has 0 aromatic rings. The Hall–Kier alpha value is -1.10. The van der Waals surface area contributed by atoms with Crippen molar-refractivity contribution in [2.24, 2.45) is 0 Å². The summed E-state index contributed by atoms with van der Waals surface area (Å²) in [6.45, 7) is 3.40. The van der Waals surface area contributed by atoms with Gasteiger partial charge in [-0.25, -0.2) is 4.79 Å². The molecule has 80 valence electrons. The summed E-state index contributed by atoms with van der Waals surface area (Å²) in [4.78, 5) is 24.0. The van der Waals surface area contributed by atoms with Crippen molar-refractivity contribution in [3.63, 3.8) is 0 Å². The summed E-state index contributed by atoms with van der Waals surface area (Å²) < 4.78 is 9.61. The molecule has 0 aromatic carbocycles. The van der Waals surface area contributed by atoms with E-state index in [0.29, 0.717) is 19.8 Å². The monoisotopic (exact) mass is 201 g/mol. The van der Waals surface area contributed by atoms with E-state index in [2.05, 4.69) is 4.74 Å². The Morgan fingerprint density at radius 1 is 1.57 bits per heavy atom. The van der Waals surface area contributed by atoms with Crippen LogP contribution in [-0.4, -0.2) is 49.7 Å². The van der Waals surface area contributed by atoms with Crippen molar-refractivity contribution in [1.82, 2.24) is 4.90 Å². The van der Waals surface area contributed by atoms with Crippen molar-refractivity contribution in [3.8, 4) is 0 Å². The van der Waals surface area contributed by atoms with E-state index in [1.807, 2.05) is 6.92 Å². The van der Waals surface area contributed by atoms with Crippen LogP contribution in [0.25, 0.3) is 0 Å². The Labute approximate surface area is 83.0 Å². The lowest BCUT2D eigenvalue weighted by molar-refractivity contribution is -0.162. The van der Waals surface area contributed by atoms with Gasteiger partial charge in [-0.05, 0) is 6.42 Å². The zero-order valence-corrected chi connectivity index (χ0v) is 8.49. The van der Waals surface area contributed by atoms with E-state index in [1.54, 1.807) is 0 Å². The third-order valence-corrected chi connectivity index (χ3v) is 2.32. The maximum atomic E-state index is 11.5. The molecule has 14 heavy (non-hydrogen) atoms. The van der Waals surface area contributed by atoms with Gasteiger partial charge in [-0.3, -0.25) is 4.79 Å². The van der Waals surface area contributed by atoms with Gasteiger partial charge in [-0.2, -0.15) is 0 Å². The highest BCUT2D eigenvalue weighted by atomic mass is 16.5. The Balaban J connectivity index is 2.63. The fraction of sp³-hybridized carbons (Fsp3) is 0.778. The van der Waals surface area contributed by atoms with Crippen molar-refractivity contribution in [3.05, 3.63) is 0 Å². The highest BCUT2D eigenvalue weighted by Gasteiger charge is 2.30. The highest BCUT2D eigenvalue weighted by Crippen LogP contribution is 2.10. The normalized spacial score (nSPS) is 21.9. The van der Waals surface area contributed by atoms with E-state index < -0.39 is 11.9 Å². The predicted octanol–water partition coefficient (Wildman–Crippen LogP) is -0.203. The van der Waals surface area contributed by atoms with E-state index in [-0.39, 0.29) is 6.04 Å². The van der Waals surface area contributed by atoms with Gasteiger partial charge in [0.2, 0.25) is 0 Å². The average molecular weight is 201 g/mol. The topological polar surface area (TPSA) is 55.8 Å². The van der Waals surface area contributed by atoms with Crippen LogP contribution in [0.4, 0.5) is 0 Å². The molecule has 0 aromatic heterocycles. The SMILES string of the molecule is CCC1COCCN1C(=O)C(=O)OC. The van der Waals surface area contributed by atoms with Gasteiger partial charge in [0.05, 0.1) is 26.4 Å². The molecule has 1 fully saturated rings. The zero-order valence-electron chi connectivity index (χ0n) is 8.49. The lowest BCUT2D eigenvalue weighted by Crippen LogP contribution is -2.51. The number of nitrogens with zero attached hydrogens (tertiary/aromatic N) is 1. The smallest absolute Gasteiger partial charge is 0.396 e. The van der Waals surface area contributed by atoms with Gasteiger partial charge in [0, 0.05) is 6.54 Å². The van der Waals surface area contributed by atoms with Crippen LogP contribution in [0.15, 0.2) is 0 Å². The molecule has 1 rings (SSSR count). The zero-order chi connectivity index (χ0) is 10.6. The van der Waals surface area contributed by atoms with Crippen LogP contribution >= 0.6 is 0 Å². The van der Waals surface area contributed by atoms with Gasteiger partial charge in [0.25, 0.3) is 0 Å². The fourth-order valence-corrected chi connectivity index (χ4v) is 1.46. The molecular weight excluding hydrogens is 186 g/mol. The minimum Gasteiger partial charge on any atom is -0.462 e. The fourth-order valence-electron chi connectivity index (χ4n) is 1.46. The van der Waals surface area contributed by atoms with Crippen LogP contribution in [0.3, 0.4) is 0 Å². The molecule has 1 heterocycles. The summed E-state index contributed by atoms with van der Waals surface area (Å²) in [6, 6.07) is -0.00431. The second-order valence-corrected chi connectivity index (χ2v) is 3.13. The molecule has 0 saturated carbocycles. The molecule has 1 aliphatic heterocycles. The second-order valence-electron chi connectivity index (χ2n) is 3.13. The first-order chi connectivity index (χ1) is 6.70. The number of methoxy groups -OCH3 is 1. The standard InChI is InChI=1S/C9H15NO4/c1-3-7-6-14-5-4-10(7)8(11)9(12)13-2/h7H,3-6H2,1-2H3. The summed E-state index contributed by atoms with van der Waals surface area (Å²) in [5.41, 5.74) is 0. The van der Waals surface area contributed by atoms with Gasteiger partial charge in [0.1, 0.15) is 0 Å². The van der Waals surface area contributed by atoms with E-state index >= 15 is 0 Å². The minimum atomic E-state index is -0.801. The molecule has 5 heteroatoms.